The first-order valence-electron chi connectivity index (χ1n) is 10.6. The lowest BCUT2D eigenvalue weighted by Gasteiger charge is -2.29. The van der Waals surface area contributed by atoms with Gasteiger partial charge in [-0.25, -0.2) is 0 Å². The Labute approximate surface area is 179 Å². The Bertz CT molecular complexity index is 1080. The minimum absolute atomic E-state index is 0.0245. The van der Waals surface area contributed by atoms with Crippen molar-refractivity contribution in [1.29, 1.82) is 0 Å². The molecule has 1 unspecified atom stereocenters. The van der Waals surface area contributed by atoms with Crippen molar-refractivity contribution in [2.24, 2.45) is 5.92 Å². The summed E-state index contributed by atoms with van der Waals surface area (Å²) in [7, 11) is 0. The third-order valence-corrected chi connectivity index (χ3v) is 6.32. The quantitative estimate of drug-likeness (QED) is 0.730. The molecule has 0 radical (unpaired) electrons. The lowest BCUT2D eigenvalue weighted by atomic mass is 10.0. The highest BCUT2D eigenvalue weighted by atomic mass is 16.2. The lowest BCUT2D eigenvalue weighted by molar-refractivity contribution is -0.136. The Hall–Kier alpha value is -3.48. The molecular formula is C24H23N3O4. The number of carbonyl (C=O) groups excluding carboxylic acids is 4. The van der Waals surface area contributed by atoms with Crippen LogP contribution in [-0.2, 0) is 16.1 Å². The number of fused-ring (bicyclic) bond motifs is 1. The number of benzene rings is 2. The van der Waals surface area contributed by atoms with Crippen LogP contribution in [0.2, 0.25) is 0 Å². The number of piperidine rings is 1. The first-order valence-corrected chi connectivity index (χ1v) is 10.6. The molecule has 2 N–H and O–H groups in total. The number of nitrogens with zero attached hydrogens (tertiary/aromatic N) is 1. The third-order valence-electron chi connectivity index (χ3n) is 6.32. The van der Waals surface area contributed by atoms with Crippen molar-refractivity contribution in [1.82, 2.24) is 15.5 Å². The molecule has 0 aromatic heterocycles. The van der Waals surface area contributed by atoms with Crippen molar-refractivity contribution in [3.8, 4) is 0 Å². The van der Waals surface area contributed by atoms with Gasteiger partial charge >= 0.3 is 0 Å². The Balaban J connectivity index is 1.33. The summed E-state index contributed by atoms with van der Waals surface area (Å²) in [4.78, 5) is 50.9. The summed E-state index contributed by atoms with van der Waals surface area (Å²) in [5.41, 5.74) is 2.82. The molecule has 5 rings (SSSR count). The zero-order chi connectivity index (χ0) is 21.5. The normalized spacial score (nSPS) is 21.5. The first-order chi connectivity index (χ1) is 15.0. The molecule has 2 heterocycles. The molecular weight excluding hydrogens is 394 g/mol. The highest BCUT2D eigenvalue weighted by Crippen LogP contribution is 2.41. The van der Waals surface area contributed by atoms with Gasteiger partial charge in [0, 0.05) is 24.1 Å². The molecule has 7 nitrogen and oxygen atoms in total. The van der Waals surface area contributed by atoms with Gasteiger partial charge in [-0.3, -0.25) is 24.5 Å². The molecule has 2 fully saturated rings. The zero-order valence-corrected chi connectivity index (χ0v) is 17.0. The van der Waals surface area contributed by atoms with Gasteiger partial charge in [0.1, 0.15) is 6.04 Å². The number of nitrogens with one attached hydrogen (secondary N) is 2. The van der Waals surface area contributed by atoms with E-state index >= 15 is 0 Å². The molecule has 2 aliphatic heterocycles. The predicted molar refractivity (Wildman–Crippen MR) is 112 cm³/mol. The van der Waals surface area contributed by atoms with Crippen LogP contribution in [0.25, 0.3) is 0 Å². The van der Waals surface area contributed by atoms with Crippen LogP contribution in [0.5, 0.6) is 0 Å². The smallest absolute Gasteiger partial charge is 0.255 e. The molecule has 2 aromatic carbocycles. The van der Waals surface area contributed by atoms with Gasteiger partial charge in [-0.1, -0.05) is 30.3 Å². The molecule has 0 spiro atoms. The SMILES string of the molecule is O=C1CCC(N2Cc3cc(C(=O)N[C@H](c4ccccc4)C4CC4)ccc3C2=O)C(=O)N1. The van der Waals surface area contributed by atoms with Gasteiger partial charge in [-0.05, 0) is 54.5 Å². The fourth-order valence-corrected chi connectivity index (χ4v) is 4.50. The fourth-order valence-electron chi connectivity index (χ4n) is 4.50. The van der Waals surface area contributed by atoms with Crippen molar-refractivity contribution in [2.75, 3.05) is 0 Å². The number of hydrogen-bond donors (Lipinski definition) is 2. The molecule has 7 heteroatoms. The lowest BCUT2D eigenvalue weighted by Crippen LogP contribution is -2.52. The summed E-state index contributed by atoms with van der Waals surface area (Å²) in [6, 6.07) is 14.3. The van der Waals surface area contributed by atoms with E-state index in [1.165, 1.54) is 4.90 Å². The van der Waals surface area contributed by atoms with E-state index in [9.17, 15) is 19.2 Å². The molecule has 1 aliphatic carbocycles. The molecule has 31 heavy (non-hydrogen) atoms. The Morgan fingerprint density at radius 2 is 1.81 bits per heavy atom. The maximum absolute atomic E-state index is 13.0. The fraction of sp³-hybridized carbons (Fsp3) is 0.333. The van der Waals surface area contributed by atoms with Gasteiger partial charge in [0.05, 0.1) is 6.04 Å². The maximum Gasteiger partial charge on any atom is 0.255 e. The third kappa shape index (κ3) is 3.71. The van der Waals surface area contributed by atoms with Crippen LogP contribution in [0.3, 0.4) is 0 Å². The topological polar surface area (TPSA) is 95.6 Å². The van der Waals surface area contributed by atoms with Crippen LogP contribution >= 0.6 is 0 Å². The van der Waals surface area contributed by atoms with Crippen LogP contribution in [0.1, 0.15) is 63.6 Å². The minimum Gasteiger partial charge on any atom is -0.345 e. The summed E-state index contributed by atoms with van der Waals surface area (Å²) in [6.07, 6.45) is 2.73. The number of amides is 4. The average Bonchev–Trinajstić information content (AvgIpc) is 3.56. The molecule has 0 bridgehead atoms. The Morgan fingerprint density at radius 1 is 1.03 bits per heavy atom. The second kappa shape index (κ2) is 7.65. The van der Waals surface area contributed by atoms with Gasteiger partial charge in [0.15, 0.2) is 0 Å². The number of rotatable bonds is 5. The maximum atomic E-state index is 13.0. The van der Waals surface area contributed by atoms with E-state index < -0.39 is 11.9 Å². The molecule has 2 aromatic rings. The highest BCUT2D eigenvalue weighted by molar-refractivity contribution is 6.06. The van der Waals surface area contributed by atoms with E-state index in [-0.39, 0.29) is 36.7 Å². The van der Waals surface area contributed by atoms with Gasteiger partial charge in [-0.15, -0.1) is 0 Å². The zero-order valence-electron chi connectivity index (χ0n) is 17.0. The van der Waals surface area contributed by atoms with Gasteiger partial charge in [0.2, 0.25) is 11.8 Å². The van der Waals surface area contributed by atoms with Crippen molar-refractivity contribution in [3.05, 3.63) is 70.8 Å². The molecule has 158 valence electrons. The summed E-state index contributed by atoms with van der Waals surface area (Å²) < 4.78 is 0. The van der Waals surface area contributed by atoms with Gasteiger partial charge in [-0.2, -0.15) is 0 Å². The van der Waals surface area contributed by atoms with E-state index in [1.54, 1.807) is 18.2 Å². The van der Waals surface area contributed by atoms with Gasteiger partial charge in [0.25, 0.3) is 11.8 Å². The summed E-state index contributed by atoms with van der Waals surface area (Å²) >= 11 is 0. The first kappa shape index (κ1) is 19.5. The highest BCUT2D eigenvalue weighted by Gasteiger charge is 2.39. The average molecular weight is 417 g/mol. The Kier molecular flexibility index (Phi) is 4.81. The monoisotopic (exact) mass is 417 g/mol. The second-order valence-electron chi connectivity index (χ2n) is 8.47. The van der Waals surface area contributed by atoms with E-state index in [1.807, 2.05) is 30.3 Å². The van der Waals surface area contributed by atoms with Crippen molar-refractivity contribution < 1.29 is 19.2 Å². The van der Waals surface area contributed by atoms with Crippen LogP contribution in [0, 0.1) is 5.92 Å². The van der Waals surface area contributed by atoms with Crippen molar-refractivity contribution in [2.45, 2.75) is 44.3 Å². The Morgan fingerprint density at radius 3 is 2.52 bits per heavy atom. The molecule has 2 atom stereocenters. The summed E-state index contributed by atoms with van der Waals surface area (Å²) in [6.45, 7) is 0.256. The molecule has 4 amide bonds. The van der Waals surface area contributed by atoms with E-state index in [2.05, 4.69) is 10.6 Å². The second-order valence-corrected chi connectivity index (χ2v) is 8.47. The van der Waals surface area contributed by atoms with E-state index in [0.29, 0.717) is 23.5 Å². The van der Waals surface area contributed by atoms with Crippen molar-refractivity contribution >= 4 is 23.6 Å². The number of imide groups is 1. The minimum atomic E-state index is -0.660. The molecule has 1 saturated carbocycles. The number of hydrogen-bond acceptors (Lipinski definition) is 4. The van der Waals surface area contributed by atoms with Gasteiger partial charge < -0.3 is 10.2 Å². The van der Waals surface area contributed by atoms with E-state index in [4.69, 9.17) is 0 Å². The predicted octanol–water partition coefficient (Wildman–Crippen LogP) is 2.33. The van der Waals surface area contributed by atoms with Crippen LogP contribution in [0.4, 0.5) is 0 Å². The van der Waals surface area contributed by atoms with Crippen LogP contribution in [0.15, 0.2) is 48.5 Å². The molecule has 1 saturated heterocycles. The van der Waals surface area contributed by atoms with E-state index in [0.717, 1.165) is 24.0 Å². The summed E-state index contributed by atoms with van der Waals surface area (Å²) in [5, 5.41) is 5.46. The van der Waals surface area contributed by atoms with Crippen LogP contribution < -0.4 is 10.6 Å². The van der Waals surface area contributed by atoms with Crippen LogP contribution in [-0.4, -0.2) is 34.6 Å². The van der Waals surface area contributed by atoms with Crippen molar-refractivity contribution in [3.63, 3.8) is 0 Å². The molecule has 3 aliphatic rings. The largest absolute Gasteiger partial charge is 0.345 e. The standard InChI is InChI=1S/C24H23N3O4/c28-20-11-10-19(23(30)25-20)27-13-17-12-16(8-9-18(17)24(27)31)22(29)26-21(15-6-7-15)14-4-2-1-3-5-14/h1-5,8-9,12,15,19,21H,6-7,10-11,13H2,(H,26,29)(H,25,28,30)/t19?,21-/m1/s1. The number of carbonyl (C=O) groups is 4. The summed E-state index contributed by atoms with van der Waals surface area (Å²) in [5.74, 6) is -0.712.